The summed E-state index contributed by atoms with van der Waals surface area (Å²) in [6.45, 7) is 6.39. The third-order valence-corrected chi connectivity index (χ3v) is 2.61. The van der Waals surface area contributed by atoms with Gasteiger partial charge in [-0.05, 0) is 19.8 Å². The Bertz CT molecular complexity index is 284. The van der Waals surface area contributed by atoms with E-state index in [1.807, 2.05) is 13.8 Å². The van der Waals surface area contributed by atoms with Gasteiger partial charge >= 0.3 is 11.9 Å². The van der Waals surface area contributed by atoms with E-state index in [9.17, 15) is 9.59 Å². The van der Waals surface area contributed by atoms with Crippen LogP contribution in [-0.4, -0.2) is 24.6 Å². The highest BCUT2D eigenvalue weighted by Gasteiger charge is 2.06. The Hall–Kier alpha value is -1.32. The SMILES string of the molecule is CCCCCCOC(=O)/C=C/C(=O)OC(C)CCC. The number of carbonyl (C=O) groups is 2. The van der Waals surface area contributed by atoms with Gasteiger partial charge in [0.05, 0.1) is 12.7 Å². The van der Waals surface area contributed by atoms with Crippen LogP contribution >= 0.6 is 0 Å². The molecule has 0 aromatic rings. The van der Waals surface area contributed by atoms with Crippen LogP contribution in [0.4, 0.5) is 0 Å². The van der Waals surface area contributed by atoms with Crippen molar-refractivity contribution < 1.29 is 19.1 Å². The van der Waals surface area contributed by atoms with Crippen molar-refractivity contribution in [2.75, 3.05) is 6.61 Å². The van der Waals surface area contributed by atoms with Crippen LogP contribution in [0, 0.1) is 0 Å². The van der Waals surface area contributed by atoms with E-state index < -0.39 is 11.9 Å². The molecular formula is C15H26O4. The molecule has 0 rings (SSSR count). The third kappa shape index (κ3) is 11.5. The maximum Gasteiger partial charge on any atom is 0.331 e. The highest BCUT2D eigenvalue weighted by atomic mass is 16.5. The van der Waals surface area contributed by atoms with Crippen molar-refractivity contribution >= 4 is 11.9 Å². The van der Waals surface area contributed by atoms with Gasteiger partial charge < -0.3 is 9.47 Å². The fourth-order valence-electron chi connectivity index (χ4n) is 1.59. The van der Waals surface area contributed by atoms with Gasteiger partial charge in [-0.2, -0.15) is 0 Å². The smallest absolute Gasteiger partial charge is 0.331 e. The molecule has 1 atom stereocenters. The van der Waals surface area contributed by atoms with E-state index in [2.05, 4.69) is 6.92 Å². The summed E-state index contributed by atoms with van der Waals surface area (Å²) in [4.78, 5) is 22.6. The summed E-state index contributed by atoms with van der Waals surface area (Å²) in [7, 11) is 0. The molecule has 0 radical (unpaired) electrons. The number of hydrogen-bond acceptors (Lipinski definition) is 4. The van der Waals surface area contributed by atoms with E-state index >= 15 is 0 Å². The quantitative estimate of drug-likeness (QED) is 0.347. The van der Waals surface area contributed by atoms with Crippen LogP contribution in [0.2, 0.25) is 0 Å². The lowest BCUT2D eigenvalue weighted by molar-refractivity contribution is -0.143. The van der Waals surface area contributed by atoms with E-state index in [1.165, 1.54) is 0 Å². The molecule has 4 nitrogen and oxygen atoms in total. The first-order valence-electron chi connectivity index (χ1n) is 7.15. The molecule has 0 aliphatic carbocycles. The Labute approximate surface area is 116 Å². The maximum absolute atomic E-state index is 11.3. The fourth-order valence-corrected chi connectivity index (χ4v) is 1.59. The lowest BCUT2D eigenvalue weighted by Gasteiger charge is -2.09. The first-order valence-corrected chi connectivity index (χ1v) is 7.15. The first kappa shape index (κ1) is 17.7. The van der Waals surface area contributed by atoms with Gasteiger partial charge in [0.1, 0.15) is 0 Å². The zero-order valence-corrected chi connectivity index (χ0v) is 12.3. The lowest BCUT2D eigenvalue weighted by atomic mass is 10.2. The summed E-state index contributed by atoms with van der Waals surface area (Å²) in [6.07, 6.45) is 8.13. The monoisotopic (exact) mass is 270 g/mol. The van der Waals surface area contributed by atoms with Crippen molar-refractivity contribution in [3.05, 3.63) is 12.2 Å². The maximum atomic E-state index is 11.3. The topological polar surface area (TPSA) is 52.6 Å². The molecule has 110 valence electrons. The van der Waals surface area contributed by atoms with Crippen molar-refractivity contribution in [1.82, 2.24) is 0 Å². The normalized spacial score (nSPS) is 12.4. The Kier molecular flexibility index (Phi) is 10.9. The second kappa shape index (κ2) is 11.8. The number of ether oxygens (including phenoxy) is 2. The van der Waals surface area contributed by atoms with Crippen LogP contribution in [-0.2, 0) is 19.1 Å². The first-order chi connectivity index (χ1) is 9.10. The summed E-state index contributed by atoms with van der Waals surface area (Å²) in [5.74, 6) is -0.986. The van der Waals surface area contributed by atoms with Crippen molar-refractivity contribution in [1.29, 1.82) is 0 Å². The summed E-state index contributed by atoms with van der Waals surface area (Å²) >= 11 is 0. The van der Waals surface area contributed by atoms with Gasteiger partial charge in [-0.15, -0.1) is 0 Å². The van der Waals surface area contributed by atoms with Crippen LogP contribution in [0.25, 0.3) is 0 Å². The van der Waals surface area contributed by atoms with Crippen LogP contribution < -0.4 is 0 Å². The number of carbonyl (C=O) groups excluding carboxylic acids is 2. The standard InChI is InChI=1S/C15H26O4/c1-4-6-7-8-12-18-14(16)10-11-15(17)19-13(3)9-5-2/h10-11,13H,4-9,12H2,1-3H3/b11-10+. The Morgan fingerprint density at radius 3 is 2.32 bits per heavy atom. The Morgan fingerprint density at radius 1 is 1.00 bits per heavy atom. The van der Waals surface area contributed by atoms with Gasteiger partial charge in [-0.1, -0.05) is 39.5 Å². The van der Waals surface area contributed by atoms with Crippen molar-refractivity contribution in [2.45, 2.75) is 65.4 Å². The zero-order valence-electron chi connectivity index (χ0n) is 12.3. The predicted octanol–water partition coefficient (Wildman–Crippen LogP) is 3.40. The molecule has 0 heterocycles. The van der Waals surface area contributed by atoms with E-state index in [1.54, 1.807) is 0 Å². The van der Waals surface area contributed by atoms with Gasteiger partial charge in [0.25, 0.3) is 0 Å². The molecule has 0 aliphatic heterocycles. The van der Waals surface area contributed by atoms with Gasteiger partial charge in [0.15, 0.2) is 0 Å². The van der Waals surface area contributed by atoms with Crippen LogP contribution in [0.5, 0.6) is 0 Å². The molecule has 0 aliphatic rings. The molecule has 0 N–H and O–H groups in total. The second-order valence-corrected chi connectivity index (χ2v) is 4.60. The minimum Gasteiger partial charge on any atom is -0.463 e. The summed E-state index contributed by atoms with van der Waals surface area (Å²) in [5.41, 5.74) is 0. The molecule has 0 aromatic heterocycles. The highest BCUT2D eigenvalue weighted by molar-refractivity contribution is 5.91. The number of rotatable bonds is 10. The van der Waals surface area contributed by atoms with Gasteiger partial charge in [0.2, 0.25) is 0 Å². The summed E-state index contributed by atoms with van der Waals surface area (Å²) in [6, 6.07) is 0. The Balaban J connectivity index is 3.73. The Morgan fingerprint density at radius 2 is 1.68 bits per heavy atom. The van der Waals surface area contributed by atoms with E-state index in [-0.39, 0.29) is 6.10 Å². The molecule has 19 heavy (non-hydrogen) atoms. The van der Waals surface area contributed by atoms with Crippen molar-refractivity contribution in [2.24, 2.45) is 0 Å². The van der Waals surface area contributed by atoms with E-state index in [0.717, 1.165) is 50.7 Å². The predicted molar refractivity (Wildman–Crippen MR) is 74.7 cm³/mol. The molecule has 1 unspecified atom stereocenters. The minimum absolute atomic E-state index is 0.118. The number of esters is 2. The van der Waals surface area contributed by atoms with Gasteiger partial charge in [0, 0.05) is 12.2 Å². The van der Waals surface area contributed by atoms with Gasteiger partial charge in [-0.3, -0.25) is 0 Å². The highest BCUT2D eigenvalue weighted by Crippen LogP contribution is 2.02. The van der Waals surface area contributed by atoms with Crippen molar-refractivity contribution in [3.8, 4) is 0 Å². The molecule has 0 amide bonds. The lowest BCUT2D eigenvalue weighted by Crippen LogP contribution is -2.13. The molecule has 4 heteroatoms. The molecule has 0 fully saturated rings. The zero-order chi connectivity index (χ0) is 14.5. The summed E-state index contributed by atoms with van der Waals surface area (Å²) in [5, 5.41) is 0. The number of hydrogen-bond donors (Lipinski definition) is 0. The average Bonchev–Trinajstić information content (AvgIpc) is 2.36. The number of unbranched alkanes of at least 4 members (excludes halogenated alkanes) is 3. The summed E-state index contributed by atoms with van der Waals surface area (Å²) < 4.78 is 10.0. The van der Waals surface area contributed by atoms with Crippen LogP contribution in [0.1, 0.15) is 59.3 Å². The van der Waals surface area contributed by atoms with Crippen LogP contribution in [0.15, 0.2) is 12.2 Å². The minimum atomic E-state index is -0.496. The van der Waals surface area contributed by atoms with Crippen molar-refractivity contribution in [3.63, 3.8) is 0 Å². The molecule has 0 saturated carbocycles. The fraction of sp³-hybridized carbons (Fsp3) is 0.733. The van der Waals surface area contributed by atoms with Crippen LogP contribution in [0.3, 0.4) is 0 Å². The molecule has 0 spiro atoms. The molecular weight excluding hydrogens is 244 g/mol. The molecule has 0 aromatic carbocycles. The van der Waals surface area contributed by atoms with E-state index in [4.69, 9.17) is 9.47 Å². The third-order valence-electron chi connectivity index (χ3n) is 2.61. The van der Waals surface area contributed by atoms with E-state index in [0.29, 0.717) is 6.61 Å². The van der Waals surface area contributed by atoms with Gasteiger partial charge in [-0.25, -0.2) is 9.59 Å². The second-order valence-electron chi connectivity index (χ2n) is 4.60. The molecule has 0 bridgehead atoms. The molecule has 0 saturated heterocycles. The largest absolute Gasteiger partial charge is 0.463 e. The average molecular weight is 270 g/mol.